The van der Waals surface area contributed by atoms with E-state index >= 15 is 0 Å². The first-order valence-corrected chi connectivity index (χ1v) is 11.0. The molecule has 4 atom stereocenters. The number of aryl methyl sites for hydroxylation is 1. The zero-order chi connectivity index (χ0) is 21.6. The fourth-order valence-corrected chi connectivity index (χ4v) is 4.06. The van der Waals surface area contributed by atoms with Crippen molar-refractivity contribution in [3.05, 3.63) is 42.0 Å². The minimum absolute atomic E-state index is 0. The van der Waals surface area contributed by atoms with Gasteiger partial charge in [0.25, 0.3) is 0 Å². The predicted octanol–water partition coefficient (Wildman–Crippen LogP) is 3.63. The minimum Gasteiger partial charge on any atom is -0.434 e. The summed E-state index contributed by atoms with van der Waals surface area (Å²) in [6.07, 6.45) is 2.01. The molecule has 7 nitrogen and oxygen atoms in total. The maximum Gasteiger partial charge on any atom is 0.513 e. The third kappa shape index (κ3) is 6.30. The fraction of sp³-hybridized carbons (Fsp3) is 0.542. The second-order valence-corrected chi connectivity index (χ2v) is 8.07. The van der Waals surface area contributed by atoms with Crippen molar-refractivity contribution in [1.82, 2.24) is 0 Å². The first kappa shape index (κ1) is 25.1. The Bertz CT molecular complexity index is 890. The molecule has 2 aliphatic rings. The Morgan fingerprint density at radius 1 is 1.03 bits per heavy atom. The van der Waals surface area contributed by atoms with Crippen molar-refractivity contribution < 1.29 is 54.7 Å². The van der Waals surface area contributed by atoms with E-state index in [1.807, 2.05) is 25.1 Å². The van der Waals surface area contributed by atoms with Gasteiger partial charge in [-0.15, -0.1) is 0 Å². The fourth-order valence-electron chi connectivity index (χ4n) is 4.06. The number of aliphatic hydroxyl groups excluding tert-OH is 1. The van der Waals surface area contributed by atoms with E-state index in [1.54, 1.807) is 6.07 Å². The summed E-state index contributed by atoms with van der Waals surface area (Å²) in [6.45, 7) is 3.75. The van der Waals surface area contributed by atoms with Gasteiger partial charge in [0.2, 0.25) is 0 Å². The molecule has 0 aromatic heterocycles. The van der Waals surface area contributed by atoms with Gasteiger partial charge in [-0.1, -0.05) is 31.2 Å². The number of hydrogen-bond donors (Lipinski definition) is 1. The summed E-state index contributed by atoms with van der Waals surface area (Å²) in [5, 5.41) is 11.9. The van der Waals surface area contributed by atoms with Crippen LogP contribution in [0.3, 0.4) is 0 Å². The molecule has 32 heavy (non-hydrogen) atoms. The largest absolute Gasteiger partial charge is 0.513 e. The molecule has 2 heterocycles. The summed E-state index contributed by atoms with van der Waals surface area (Å²) in [6, 6.07) is 11.9. The van der Waals surface area contributed by atoms with E-state index in [4.69, 9.17) is 23.7 Å². The first-order valence-electron chi connectivity index (χ1n) is 11.0. The van der Waals surface area contributed by atoms with E-state index in [2.05, 4.69) is 12.1 Å². The van der Waals surface area contributed by atoms with Gasteiger partial charge in [-0.25, -0.2) is 4.79 Å². The molecule has 2 aromatic carbocycles. The number of hydrogen-bond acceptors (Lipinski definition) is 7. The zero-order valence-corrected chi connectivity index (χ0v) is 21.2. The van der Waals surface area contributed by atoms with Crippen LogP contribution in [0.25, 0.3) is 10.8 Å². The first-order chi connectivity index (χ1) is 15.1. The van der Waals surface area contributed by atoms with E-state index in [9.17, 15) is 9.90 Å². The van der Waals surface area contributed by atoms with Crippen LogP contribution in [0.5, 0.6) is 5.75 Å². The second kappa shape index (κ2) is 12.1. The van der Waals surface area contributed by atoms with E-state index in [-0.39, 0.29) is 39.4 Å². The van der Waals surface area contributed by atoms with Gasteiger partial charge < -0.3 is 28.8 Å². The van der Waals surface area contributed by atoms with Crippen LogP contribution in [0.1, 0.15) is 31.7 Å². The van der Waals surface area contributed by atoms with Crippen molar-refractivity contribution in [3.8, 4) is 5.75 Å². The molecule has 2 fully saturated rings. The maximum absolute atomic E-state index is 11.6. The molecule has 1 N–H and O–H groups in total. The van der Waals surface area contributed by atoms with Crippen molar-refractivity contribution in [2.45, 2.75) is 57.0 Å². The molecule has 174 valence electrons. The van der Waals surface area contributed by atoms with Crippen LogP contribution in [0.2, 0.25) is 0 Å². The molecule has 4 rings (SSSR count). The number of unbranched alkanes of at least 4 members (excludes halogenated alkanes) is 1. The van der Waals surface area contributed by atoms with E-state index in [0.29, 0.717) is 32.2 Å². The SMILES string of the molecule is CCCOC(=O)Oc1ccc2cc(CCCCO[C@@H]3CO[C@H]4[C@@H]3OC[C@H]4O)ccc2c1.[W]. The number of carbonyl (C=O) groups excluding carboxylic acids is 1. The molecule has 0 radical (unpaired) electrons. The van der Waals surface area contributed by atoms with E-state index in [1.165, 1.54) is 5.56 Å². The molecule has 0 spiro atoms. The summed E-state index contributed by atoms with van der Waals surface area (Å²) in [4.78, 5) is 11.6. The Morgan fingerprint density at radius 2 is 1.81 bits per heavy atom. The number of aliphatic hydroxyl groups is 1. The number of rotatable bonds is 9. The summed E-state index contributed by atoms with van der Waals surface area (Å²) < 4.78 is 27.3. The molecule has 0 aliphatic carbocycles. The molecule has 2 aliphatic heterocycles. The molecular formula is C24H30O7W. The number of benzene rings is 2. The van der Waals surface area contributed by atoms with Crippen LogP contribution in [-0.4, -0.2) is 62.1 Å². The Balaban J connectivity index is 0.00000289. The van der Waals surface area contributed by atoms with Crippen LogP contribution in [0, 0.1) is 0 Å². The zero-order valence-electron chi connectivity index (χ0n) is 18.2. The summed E-state index contributed by atoms with van der Waals surface area (Å²) in [5.41, 5.74) is 1.26. The van der Waals surface area contributed by atoms with E-state index in [0.717, 1.165) is 36.5 Å². The van der Waals surface area contributed by atoms with Gasteiger partial charge in [-0.05, 0) is 54.2 Å². The van der Waals surface area contributed by atoms with Crippen molar-refractivity contribution >= 4 is 16.9 Å². The molecule has 0 unspecified atom stereocenters. The molecular weight excluding hydrogens is 584 g/mol. The normalized spacial score (nSPS) is 24.2. The topological polar surface area (TPSA) is 83.5 Å². The Hall–Kier alpha value is -1.50. The Morgan fingerprint density at radius 3 is 2.66 bits per heavy atom. The quantitative estimate of drug-likeness (QED) is 0.263. The van der Waals surface area contributed by atoms with Crippen molar-refractivity contribution in [2.75, 3.05) is 26.4 Å². The number of carbonyl (C=O) groups is 1. The van der Waals surface area contributed by atoms with Gasteiger partial charge in [0.1, 0.15) is 30.2 Å². The monoisotopic (exact) mass is 614 g/mol. The second-order valence-electron chi connectivity index (χ2n) is 8.07. The number of fused-ring (bicyclic) bond motifs is 2. The molecule has 2 saturated heterocycles. The summed E-state index contributed by atoms with van der Waals surface area (Å²) in [5.74, 6) is 0.482. The van der Waals surface area contributed by atoms with Gasteiger partial charge in [0, 0.05) is 27.7 Å². The van der Waals surface area contributed by atoms with Crippen molar-refractivity contribution in [3.63, 3.8) is 0 Å². The molecule has 2 aromatic rings. The predicted molar refractivity (Wildman–Crippen MR) is 114 cm³/mol. The van der Waals surface area contributed by atoms with Gasteiger partial charge in [-0.2, -0.15) is 0 Å². The third-order valence-electron chi connectivity index (χ3n) is 5.67. The third-order valence-corrected chi connectivity index (χ3v) is 5.67. The van der Waals surface area contributed by atoms with E-state index < -0.39 is 12.3 Å². The average molecular weight is 614 g/mol. The standard InChI is InChI=1S/C24H30O7.W/c1-2-10-28-24(26)31-19-9-8-17-12-16(6-7-18(17)13-19)5-3-4-11-27-21-15-30-22-20(25)14-29-23(21)22;/h6-9,12-13,20-23,25H,2-5,10-11,14-15H2,1H3;/t20-,21-,22-,23-;/m1./s1. The molecule has 8 heteroatoms. The van der Waals surface area contributed by atoms with Gasteiger partial charge in [0.15, 0.2) is 0 Å². The van der Waals surface area contributed by atoms with Crippen LogP contribution >= 0.6 is 0 Å². The Labute approximate surface area is 202 Å². The number of ether oxygens (including phenoxy) is 5. The van der Waals surface area contributed by atoms with Crippen LogP contribution in [0.4, 0.5) is 4.79 Å². The smallest absolute Gasteiger partial charge is 0.434 e. The van der Waals surface area contributed by atoms with Crippen molar-refractivity contribution in [2.24, 2.45) is 0 Å². The summed E-state index contributed by atoms with van der Waals surface area (Å²) in [7, 11) is 0. The Kier molecular flexibility index (Phi) is 9.50. The van der Waals surface area contributed by atoms with Crippen LogP contribution in [0.15, 0.2) is 36.4 Å². The summed E-state index contributed by atoms with van der Waals surface area (Å²) >= 11 is 0. The van der Waals surface area contributed by atoms with Crippen LogP contribution < -0.4 is 4.74 Å². The van der Waals surface area contributed by atoms with Gasteiger partial charge in [0.05, 0.1) is 19.8 Å². The maximum atomic E-state index is 11.6. The molecule has 0 saturated carbocycles. The molecule has 0 amide bonds. The van der Waals surface area contributed by atoms with Gasteiger partial charge >= 0.3 is 6.16 Å². The van der Waals surface area contributed by atoms with Crippen LogP contribution in [-0.2, 0) is 46.4 Å². The molecule has 0 bridgehead atoms. The minimum atomic E-state index is -0.671. The van der Waals surface area contributed by atoms with Crippen molar-refractivity contribution in [1.29, 1.82) is 0 Å². The average Bonchev–Trinajstić information content (AvgIpc) is 3.35. The van der Waals surface area contributed by atoms with Gasteiger partial charge in [-0.3, -0.25) is 0 Å².